The smallest absolute Gasteiger partial charge is 0.309 e. The lowest BCUT2D eigenvalue weighted by Crippen LogP contribution is -2.41. The minimum Gasteiger partial charge on any atom is -0.497 e. The number of piperidine rings is 1. The fourth-order valence-electron chi connectivity index (χ4n) is 3.18. The monoisotopic (exact) mass is 372 g/mol. The number of carbonyl (C=O) groups excluding carboxylic acids is 2. The zero-order valence-electron chi connectivity index (χ0n) is 15.6. The van der Waals surface area contributed by atoms with Gasteiger partial charge in [-0.2, -0.15) is 0 Å². The number of esters is 1. The summed E-state index contributed by atoms with van der Waals surface area (Å²) in [7, 11) is 1.61. The molecule has 2 aromatic rings. The van der Waals surface area contributed by atoms with Crippen LogP contribution in [0.3, 0.4) is 0 Å². The van der Waals surface area contributed by atoms with Gasteiger partial charge in [0.05, 0.1) is 31.7 Å². The van der Waals surface area contributed by atoms with Gasteiger partial charge < -0.3 is 18.9 Å². The molecule has 144 valence electrons. The number of ether oxygens (including phenoxy) is 2. The normalized spacial score (nSPS) is 14.8. The average molecular weight is 372 g/mol. The SMILES string of the molecule is CCOC(=O)C1CCN(C(=O)Cc2cc(-c3ccc(OC)cc3)on2)CC1. The summed E-state index contributed by atoms with van der Waals surface area (Å²) < 4.78 is 15.6. The van der Waals surface area contributed by atoms with Gasteiger partial charge >= 0.3 is 5.97 Å². The molecule has 27 heavy (non-hydrogen) atoms. The molecule has 0 N–H and O–H groups in total. The van der Waals surface area contributed by atoms with Crippen molar-refractivity contribution in [3.8, 4) is 17.1 Å². The van der Waals surface area contributed by atoms with Crippen LogP contribution in [0.1, 0.15) is 25.5 Å². The standard InChI is InChI=1S/C20H24N2O5/c1-3-26-20(24)15-8-10-22(11-9-15)19(23)13-16-12-18(27-21-16)14-4-6-17(25-2)7-5-14/h4-7,12,15H,3,8-11,13H2,1-2H3. The van der Waals surface area contributed by atoms with Crippen LogP contribution in [-0.4, -0.2) is 48.7 Å². The number of carbonyl (C=O) groups is 2. The highest BCUT2D eigenvalue weighted by atomic mass is 16.5. The molecule has 1 aliphatic rings. The molecule has 7 heteroatoms. The van der Waals surface area contributed by atoms with Gasteiger partial charge in [-0.1, -0.05) is 5.16 Å². The number of hydrogen-bond donors (Lipinski definition) is 0. The first-order valence-electron chi connectivity index (χ1n) is 9.15. The Hall–Kier alpha value is -2.83. The third-order valence-corrected chi connectivity index (χ3v) is 4.73. The van der Waals surface area contributed by atoms with E-state index in [0.717, 1.165) is 11.3 Å². The number of nitrogens with zero attached hydrogens (tertiary/aromatic N) is 2. The maximum absolute atomic E-state index is 12.5. The van der Waals surface area contributed by atoms with Crippen molar-refractivity contribution in [1.82, 2.24) is 10.1 Å². The van der Waals surface area contributed by atoms with E-state index in [1.165, 1.54) is 0 Å². The van der Waals surface area contributed by atoms with E-state index in [4.69, 9.17) is 14.0 Å². The van der Waals surface area contributed by atoms with Crippen LogP contribution in [-0.2, 0) is 20.7 Å². The lowest BCUT2D eigenvalue weighted by Gasteiger charge is -2.30. The van der Waals surface area contributed by atoms with Gasteiger partial charge in [0.1, 0.15) is 5.75 Å². The molecule has 1 saturated heterocycles. The molecular weight excluding hydrogens is 348 g/mol. The second-order valence-corrected chi connectivity index (χ2v) is 6.49. The molecule has 0 bridgehead atoms. The number of hydrogen-bond acceptors (Lipinski definition) is 6. The molecule has 0 aliphatic carbocycles. The highest BCUT2D eigenvalue weighted by Crippen LogP contribution is 2.24. The van der Waals surface area contributed by atoms with Gasteiger partial charge in [0.2, 0.25) is 5.91 Å². The molecular formula is C20H24N2O5. The van der Waals surface area contributed by atoms with Gasteiger partial charge in [0.15, 0.2) is 5.76 Å². The number of aromatic nitrogens is 1. The van der Waals surface area contributed by atoms with Crippen molar-refractivity contribution in [2.75, 3.05) is 26.8 Å². The molecule has 0 spiro atoms. The van der Waals surface area contributed by atoms with Gasteiger partial charge in [-0.15, -0.1) is 0 Å². The molecule has 1 amide bonds. The zero-order valence-corrected chi connectivity index (χ0v) is 15.6. The van der Waals surface area contributed by atoms with Crippen LogP contribution in [0.4, 0.5) is 0 Å². The number of rotatable bonds is 6. The van der Waals surface area contributed by atoms with E-state index >= 15 is 0 Å². The highest BCUT2D eigenvalue weighted by molar-refractivity contribution is 5.79. The lowest BCUT2D eigenvalue weighted by molar-refractivity contribution is -0.151. The van der Waals surface area contributed by atoms with E-state index in [1.807, 2.05) is 24.3 Å². The van der Waals surface area contributed by atoms with Crippen molar-refractivity contribution >= 4 is 11.9 Å². The van der Waals surface area contributed by atoms with Gasteiger partial charge in [-0.05, 0) is 44.0 Å². The molecule has 0 unspecified atom stereocenters. The summed E-state index contributed by atoms with van der Waals surface area (Å²) in [6, 6.07) is 9.23. The Morgan fingerprint density at radius 1 is 1.22 bits per heavy atom. The van der Waals surface area contributed by atoms with Crippen LogP contribution in [0, 0.1) is 5.92 Å². The van der Waals surface area contributed by atoms with Gasteiger partial charge in [0.25, 0.3) is 0 Å². The minimum atomic E-state index is -0.162. The topological polar surface area (TPSA) is 81.9 Å². The van der Waals surface area contributed by atoms with Gasteiger partial charge in [-0.25, -0.2) is 0 Å². The largest absolute Gasteiger partial charge is 0.497 e. The maximum atomic E-state index is 12.5. The molecule has 3 rings (SSSR count). The van der Waals surface area contributed by atoms with E-state index in [0.29, 0.717) is 44.0 Å². The molecule has 7 nitrogen and oxygen atoms in total. The lowest BCUT2D eigenvalue weighted by atomic mass is 9.96. The molecule has 0 radical (unpaired) electrons. The summed E-state index contributed by atoms with van der Waals surface area (Å²) in [6.45, 7) is 3.31. The van der Waals surface area contributed by atoms with Crippen LogP contribution in [0.25, 0.3) is 11.3 Å². The van der Waals surface area contributed by atoms with Crippen LogP contribution < -0.4 is 4.74 Å². The summed E-state index contributed by atoms with van der Waals surface area (Å²) in [5, 5.41) is 4.01. The van der Waals surface area contributed by atoms with Crippen LogP contribution >= 0.6 is 0 Å². The van der Waals surface area contributed by atoms with Crippen molar-refractivity contribution in [3.05, 3.63) is 36.0 Å². The number of methoxy groups -OCH3 is 1. The summed E-state index contributed by atoms with van der Waals surface area (Å²) in [5.74, 6) is 1.10. The van der Waals surface area contributed by atoms with Crippen LogP contribution in [0.5, 0.6) is 5.75 Å². The van der Waals surface area contributed by atoms with Crippen molar-refractivity contribution in [3.63, 3.8) is 0 Å². The van der Waals surface area contributed by atoms with Crippen molar-refractivity contribution in [2.24, 2.45) is 5.92 Å². The van der Waals surface area contributed by atoms with Gasteiger partial charge in [0, 0.05) is 24.7 Å². The maximum Gasteiger partial charge on any atom is 0.309 e. The predicted molar refractivity (Wildman–Crippen MR) is 98.1 cm³/mol. The summed E-state index contributed by atoms with van der Waals surface area (Å²) >= 11 is 0. The number of amides is 1. The Balaban J connectivity index is 1.54. The van der Waals surface area contributed by atoms with E-state index in [2.05, 4.69) is 5.16 Å². The second-order valence-electron chi connectivity index (χ2n) is 6.49. The molecule has 1 aromatic heterocycles. The Morgan fingerprint density at radius 2 is 1.93 bits per heavy atom. The first-order valence-corrected chi connectivity index (χ1v) is 9.15. The molecule has 2 heterocycles. The Bertz CT molecular complexity index is 776. The third kappa shape index (κ3) is 4.67. The first kappa shape index (κ1) is 18.9. The van der Waals surface area contributed by atoms with Gasteiger partial charge in [-0.3, -0.25) is 9.59 Å². The molecule has 1 fully saturated rings. The van der Waals surface area contributed by atoms with Crippen molar-refractivity contribution in [1.29, 1.82) is 0 Å². The van der Waals surface area contributed by atoms with E-state index in [-0.39, 0.29) is 24.2 Å². The van der Waals surface area contributed by atoms with Crippen LogP contribution in [0.2, 0.25) is 0 Å². The minimum absolute atomic E-state index is 0.00751. The van der Waals surface area contributed by atoms with E-state index < -0.39 is 0 Å². The molecule has 1 aliphatic heterocycles. The number of benzene rings is 1. The van der Waals surface area contributed by atoms with Crippen molar-refractivity contribution in [2.45, 2.75) is 26.2 Å². The third-order valence-electron chi connectivity index (χ3n) is 4.73. The molecule has 0 atom stereocenters. The zero-order chi connectivity index (χ0) is 19.2. The number of likely N-dealkylation sites (tertiary alicyclic amines) is 1. The molecule has 1 aromatic carbocycles. The molecule has 0 saturated carbocycles. The Morgan fingerprint density at radius 3 is 2.56 bits per heavy atom. The summed E-state index contributed by atoms with van der Waals surface area (Å²) in [5.41, 5.74) is 1.47. The first-order chi connectivity index (χ1) is 13.1. The van der Waals surface area contributed by atoms with Crippen LogP contribution in [0.15, 0.2) is 34.9 Å². The Kier molecular flexibility index (Phi) is 6.11. The van der Waals surface area contributed by atoms with E-state index in [1.54, 1.807) is 25.0 Å². The second kappa shape index (κ2) is 8.70. The predicted octanol–water partition coefficient (Wildman–Crippen LogP) is 2.69. The highest BCUT2D eigenvalue weighted by Gasteiger charge is 2.28. The summed E-state index contributed by atoms with van der Waals surface area (Å²) in [4.78, 5) is 26.1. The van der Waals surface area contributed by atoms with Crippen molar-refractivity contribution < 1.29 is 23.6 Å². The average Bonchev–Trinajstić information content (AvgIpc) is 3.17. The Labute approximate surface area is 158 Å². The summed E-state index contributed by atoms with van der Waals surface area (Å²) in [6.07, 6.45) is 1.46. The fourth-order valence-corrected chi connectivity index (χ4v) is 3.18. The quantitative estimate of drug-likeness (QED) is 0.725. The fraction of sp³-hybridized carbons (Fsp3) is 0.450. The van der Waals surface area contributed by atoms with E-state index in [9.17, 15) is 9.59 Å².